The number of carbonyl (C=O) groups excluding carboxylic acids is 1. The Morgan fingerprint density at radius 3 is 2.64 bits per heavy atom. The van der Waals surface area contributed by atoms with Crippen molar-refractivity contribution in [3.8, 4) is 0 Å². The first kappa shape index (κ1) is 15.8. The van der Waals surface area contributed by atoms with Crippen molar-refractivity contribution in [1.82, 2.24) is 10.3 Å². The molecule has 2 rings (SSSR count). The van der Waals surface area contributed by atoms with Crippen molar-refractivity contribution < 1.29 is 4.79 Å². The molecule has 2 aromatic rings. The third kappa shape index (κ3) is 4.22. The average molecular weight is 298 g/mol. The molecule has 0 bridgehead atoms. The smallest absolute Gasteiger partial charge is 0.251 e. The highest BCUT2D eigenvalue weighted by molar-refractivity contribution is 5.95. The molecule has 0 fully saturated rings. The Morgan fingerprint density at radius 2 is 1.91 bits per heavy atom. The molecule has 1 amide bonds. The molecule has 5 heteroatoms. The van der Waals surface area contributed by atoms with Crippen LogP contribution in [-0.2, 0) is 0 Å². The highest BCUT2D eigenvalue weighted by atomic mass is 16.1. The number of nitrogens with one attached hydrogen (secondary N) is 2. The van der Waals surface area contributed by atoms with E-state index in [4.69, 9.17) is 5.73 Å². The van der Waals surface area contributed by atoms with Crippen molar-refractivity contribution in [3.05, 3.63) is 53.2 Å². The number of nitrogens with two attached hydrogens (primary N) is 1. The molecule has 0 saturated heterocycles. The Kier molecular flexibility index (Phi) is 5.36. The van der Waals surface area contributed by atoms with Gasteiger partial charge in [-0.2, -0.15) is 0 Å². The highest BCUT2D eigenvalue weighted by Gasteiger charge is 2.06. The molecule has 22 heavy (non-hydrogen) atoms. The van der Waals surface area contributed by atoms with Crippen molar-refractivity contribution in [2.45, 2.75) is 20.3 Å². The molecule has 4 N–H and O–H groups in total. The minimum absolute atomic E-state index is 0.0282. The summed E-state index contributed by atoms with van der Waals surface area (Å²) < 4.78 is 0. The number of nitrogen functional groups attached to an aromatic ring is 1. The summed E-state index contributed by atoms with van der Waals surface area (Å²) in [6, 6.07) is 11.3. The summed E-state index contributed by atoms with van der Waals surface area (Å²) in [4.78, 5) is 16.4. The topological polar surface area (TPSA) is 80.0 Å². The van der Waals surface area contributed by atoms with E-state index in [2.05, 4.69) is 15.6 Å². The number of pyridine rings is 1. The Labute approximate surface area is 130 Å². The fourth-order valence-corrected chi connectivity index (χ4v) is 2.10. The second-order valence-corrected chi connectivity index (χ2v) is 5.22. The zero-order chi connectivity index (χ0) is 15.9. The van der Waals surface area contributed by atoms with Crippen LogP contribution in [0, 0.1) is 13.8 Å². The molecule has 5 nitrogen and oxygen atoms in total. The van der Waals surface area contributed by atoms with Crippen LogP contribution in [-0.4, -0.2) is 24.0 Å². The van der Waals surface area contributed by atoms with Gasteiger partial charge in [-0.05, 0) is 44.0 Å². The summed E-state index contributed by atoms with van der Waals surface area (Å²) in [6.07, 6.45) is 0.822. The van der Waals surface area contributed by atoms with Gasteiger partial charge in [0.1, 0.15) is 5.82 Å². The van der Waals surface area contributed by atoms with Gasteiger partial charge < -0.3 is 16.4 Å². The first-order chi connectivity index (χ1) is 10.6. The van der Waals surface area contributed by atoms with E-state index in [0.717, 1.165) is 35.6 Å². The molecule has 1 aromatic carbocycles. The van der Waals surface area contributed by atoms with Crippen molar-refractivity contribution in [1.29, 1.82) is 0 Å². The van der Waals surface area contributed by atoms with Gasteiger partial charge in [0.2, 0.25) is 0 Å². The summed E-state index contributed by atoms with van der Waals surface area (Å²) in [5.74, 6) is 0.775. The van der Waals surface area contributed by atoms with Gasteiger partial charge in [-0.3, -0.25) is 4.79 Å². The van der Waals surface area contributed by atoms with E-state index in [1.165, 1.54) is 0 Å². The quantitative estimate of drug-likeness (QED) is 0.716. The minimum Gasteiger partial charge on any atom is -0.397 e. The molecule has 116 valence electrons. The van der Waals surface area contributed by atoms with E-state index < -0.39 is 0 Å². The fraction of sp³-hybridized carbons (Fsp3) is 0.294. The van der Waals surface area contributed by atoms with Crippen LogP contribution in [0.5, 0.6) is 0 Å². The van der Waals surface area contributed by atoms with Crippen molar-refractivity contribution >= 4 is 17.4 Å². The number of rotatable bonds is 6. The lowest BCUT2D eigenvalue weighted by Crippen LogP contribution is -2.26. The third-order valence-corrected chi connectivity index (χ3v) is 3.46. The molecule has 0 saturated carbocycles. The second kappa shape index (κ2) is 7.45. The maximum absolute atomic E-state index is 12.0. The van der Waals surface area contributed by atoms with E-state index in [0.29, 0.717) is 12.2 Å². The van der Waals surface area contributed by atoms with Crippen LogP contribution in [0.1, 0.15) is 28.0 Å². The first-order valence-corrected chi connectivity index (χ1v) is 7.39. The predicted molar refractivity (Wildman–Crippen MR) is 90.0 cm³/mol. The van der Waals surface area contributed by atoms with E-state index in [-0.39, 0.29) is 5.91 Å². The lowest BCUT2D eigenvalue weighted by atomic mass is 10.1. The molecule has 0 spiro atoms. The monoisotopic (exact) mass is 298 g/mol. The van der Waals surface area contributed by atoms with E-state index in [9.17, 15) is 4.79 Å². The number of carbonyl (C=O) groups is 1. The summed E-state index contributed by atoms with van der Waals surface area (Å²) in [5, 5.41) is 6.15. The van der Waals surface area contributed by atoms with Gasteiger partial charge in [-0.1, -0.05) is 18.2 Å². The van der Waals surface area contributed by atoms with Crippen molar-refractivity contribution in [2.75, 3.05) is 24.1 Å². The molecule has 0 aliphatic carbocycles. The number of hydrogen-bond acceptors (Lipinski definition) is 4. The third-order valence-electron chi connectivity index (χ3n) is 3.46. The van der Waals surface area contributed by atoms with Gasteiger partial charge >= 0.3 is 0 Å². The van der Waals surface area contributed by atoms with E-state index in [1.54, 1.807) is 0 Å². The predicted octanol–water partition coefficient (Wildman–Crippen LogP) is 2.51. The molecular weight excluding hydrogens is 276 g/mol. The molecule has 0 unspecified atom stereocenters. The summed E-state index contributed by atoms with van der Waals surface area (Å²) in [7, 11) is 0. The Balaban J connectivity index is 1.72. The molecule has 1 aromatic heterocycles. The zero-order valence-corrected chi connectivity index (χ0v) is 13.0. The number of hydrogen-bond donors (Lipinski definition) is 3. The van der Waals surface area contributed by atoms with Crippen LogP contribution in [0.4, 0.5) is 11.5 Å². The van der Waals surface area contributed by atoms with Crippen LogP contribution >= 0.6 is 0 Å². The number of nitrogens with zero attached hydrogens (tertiary/aromatic N) is 1. The Bertz CT molecular complexity index is 655. The van der Waals surface area contributed by atoms with Crippen molar-refractivity contribution in [3.63, 3.8) is 0 Å². The number of anilines is 2. The van der Waals surface area contributed by atoms with Gasteiger partial charge in [-0.15, -0.1) is 0 Å². The summed E-state index contributed by atoms with van der Waals surface area (Å²) in [6.45, 7) is 5.17. The van der Waals surface area contributed by atoms with Crippen LogP contribution in [0.3, 0.4) is 0 Å². The van der Waals surface area contributed by atoms with Gasteiger partial charge in [0, 0.05) is 18.7 Å². The molecular formula is C17H22N4O. The average Bonchev–Trinajstić information content (AvgIpc) is 2.50. The standard InChI is InChI=1S/C17H22N4O/c1-12-6-3-4-7-14(12)17(22)20-11-5-10-19-16-9-8-15(18)13(2)21-16/h3-4,6-9H,5,10-11,18H2,1-2H3,(H,19,21)(H,20,22). The van der Waals surface area contributed by atoms with Crippen LogP contribution in [0.25, 0.3) is 0 Å². The minimum atomic E-state index is -0.0282. The number of aromatic nitrogens is 1. The molecule has 0 atom stereocenters. The Morgan fingerprint density at radius 1 is 1.14 bits per heavy atom. The number of benzene rings is 1. The molecule has 1 heterocycles. The van der Waals surface area contributed by atoms with Crippen LogP contribution < -0.4 is 16.4 Å². The Hall–Kier alpha value is -2.56. The lowest BCUT2D eigenvalue weighted by molar-refractivity contribution is 0.0953. The van der Waals surface area contributed by atoms with Crippen LogP contribution in [0.15, 0.2) is 36.4 Å². The number of aryl methyl sites for hydroxylation is 2. The van der Waals surface area contributed by atoms with Crippen molar-refractivity contribution in [2.24, 2.45) is 0 Å². The highest BCUT2D eigenvalue weighted by Crippen LogP contribution is 2.11. The van der Waals surface area contributed by atoms with E-state index >= 15 is 0 Å². The normalized spacial score (nSPS) is 10.3. The molecule has 0 radical (unpaired) electrons. The molecule has 0 aliphatic heterocycles. The molecule has 0 aliphatic rings. The van der Waals surface area contributed by atoms with E-state index in [1.807, 2.05) is 50.2 Å². The van der Waals surface area contributed by atoms with Gasteiger partial charge in [0.15, 0.2) is 0 Å². The van der Waals surface area contributed by atoms with Gasteiger partial charge in [0.05, 0.1) is 11.4 Å². The summed E-state index contributed by atoms with van der Waals surface area (Å²) >= 11 is 0. The number of amides is 1. The maximum Gasteiger partial charge on any atom is 0.251 e. The largest absolute Gasteiger partial charge is 0.397 e. The van der Waals surface area contributed by atoms with Crippen LogP contribution in [0.2, 0.25) is 0 Å². The second-order valence-electron chi connectivity index (χ2n) is 5.22. The zero-order valence-electron chi connectivity index (χ0n) is 13.0. The lowest BCUT2D eigenvalue weighted by Gasteiger charge is -2.09. The maximum atomic E-state index is 12.0. The van der Waals surface area contributed by atoms with Gasteiger partial charge in [0.25, 0.3) is 5.91 Å². The van der Waals surface area contributed by atoms with Gasteiger partial charge in [-0.25, -0.2) is 4.98 Å². The summed E-state index contributed by atoms with van der Waals surface area (Å²) in [5.41, 5.74) is 8.95. The first-order valence-electron chi connectivity index (χ1n) is 7.39. The fourth-order valence-electron chi connectivity index (χ4n) is 2.10. The SMILES string of the molecule is Cc1ccccc1C(=O)NCCCNc1ccc(N)c(C)n1.